The summed E-state index contributed by atoms with van der Waals surface area (Å²) in [5.74, 6) is -4.08. The highest BCUT2D eigenvalue weighted by atomic mass is 35.5. The van der Waals surface area contributed by atoms with Crippen LogP contribution >= 0.6 is 11.6 Å². The topological polar surface area (TPSA) is 140 Å². The molecule has 9 nitrogen and oxygen atoms in total. The predicted octanol–water partition coefficient (Wildman–Crippen LogP) is 0.636. The molecule has 4 rings (SSSR count). The Balaban J connectivity index is 1.82. The highest BCUT2D eigenvalue weighted by molar-refractivity contribution is 6.31. The van der Waals surface area contributed by atoms with Gasteiger partial charge in [-0.25, -0.2) is 23.1 Å². The lowest BCUT2D eigenvalue weighted by Crippen LogP contribution is -2.45. The number of hydrogen-bond acceptors (Lipinski definition) is 6. The number of aliphatic hydroxyl groups is 2. The molecule has 1 atom stereocenters. The molecular weight excluding hydrogens is 498 g/mol. The number of fused-ring (bicyclic) bond motifs is 1. The number of H-pyrrole nitrogens is 1. The van der Waals surface area contributed by atoms with Crippen LogP contribution in [0.4, 0.5) is 8.78 Å². The van der Waals surface area contributed by atoms with Crippen molar-refractivity contribution >= 4 is 29.7 Å². The zero-order valence-corrected chi connectivity index (χ0v) is 19.6. The van der Waals surface area contributed by atoms with Crippen molar-refractivity contribution in [3.05, 3.63) is 90.6 Å². The minimum Gasteiger partial charge on any atom is -0.493 e. The van der Waals surface area contributed by atoms with Crippen LogP contribution in [-0.4, -0.2) is 50.0 Å². The van der Waals surface area contributed by atoms with Crippen LogP contribution in [0.25, 0.3) is 12.2 Å². The lowest BCUT2D eigenvalue weighted by molar-refractivity contribution is -0.124. The van der Waals surface area contributed by atoms with E-state index >= 15 is 0 Å². The van der Waals surface area contributed by atoms with Crippen molar-refractivity contribution < 1.29 is 28.9 Å². The van der Waals surface area contributed by atoms with Crippen LogP contribution in [-0.2, 0) is 4.79 Å². The number of benzene rings is 2. The number of imidazole rings is 1. The lowest BCUT2D eigenvalue weighted by atomic mass is 10.0. The number of nitrogens with zero attached hydrogens (tertiary/aromatic N) is 2. The van der Waals surface area contributed by atoms with Gasteiger partial charge >= 0.3 is 5.69 Å². The molecule has 2 heterocycles. The largest absolute Gasteiger partial charge is 0.493 e. The number of allylic oxidation sites excluding steroid dienone is 1. The van der Waals surface area contributed by atoms with Gasteiger partial charge < -0.3 is 25.6 Å². The molecule has 0 radical (unpaired) electrons. The Morgan fingerprint density at radius 1 is 1.22 bits per heavy atom. The average molecular weight is 519 g/mol. The van der Waals surface area contributed by atoms with Gasteiger partial charge in [-0.15, -0.1) is 0 Å². The molecule has 0 saturated carbocycles. The van der Waals surface area contributed by atoms with Gasteiger partial charge in [-0.3, -0.25) is 4.79 Å². The summed E-state index contributed by atoms with van der Waals surface area (Å²) < 4.78 is 28.2. The first-order valence-electron chi connectivity index (χ1n) is 10.7. The first-order valence-corrected chi connectivity index (χ1v) is 11.1. The number of aromatic amines is 1. The Morgan fingerprint density at radius 2 is 1.94 bits per heavy atom. The number of nitrogens with one attached hydrogen (secondary N) is 2. The van der Waals surface area contributed by atoms with Gasteiger partial charge in [-0.1, -0.05) is 23.7 Å². The molecule has 36 heavy (non-hydrogen) atoms. The number of amides is 1. The molecule has 1 amide bonds. The second kappa shape index (κ2) is 10.1. The van der Waals surface area contributed by atoms with Crippen molar-refractivity contribution in [2.24, 2.45) is 4.99 Å². The van der Waals surface area contributed by atoms with Crippen LogP contribution in [0.5, 0.6) is 5.88 Å². The molecule has 0 fully saturated rings. The van der Waals surface area contributed by atoms with Gasteiger partial charge in [0.15, 0.2) is 11.6 Å². The standard InChI is InChI=1S/C24H21ClF2N4O5/c1-11-16(25)4-2-12-6-14(28-20(11)12)8-19-23(35)31(24(36)30-19)21(22(34)29-15(9-32)10-33)13-3-5-17(26)18(27)7-13/h2-8,15,21,32-33,35H,9-10H2,1H3,(H,29,34)(H,30,36). The zero-order valence-electron chi connectivity index (χ0n) is 18.8. The summed E-state index contributed by atoms with van der Waals surface area (Å²) in [6, 6.07) is 3.30. The summed E-state index contributed by atoms with van der Waals surface area (Å²) in [6.45, 7) is 0.549. The van der Waals surface area contributed by atoms with E-state index in [1.54, 1.807) is 25.1 Å². The monoisotopic (exact) mass is 518 g/mol. The molecule has 12 heteroatoms. The third kappa shape index (κ3) is 4.68. The van der Waals surface area contributed by atoms with Crippen molar-refractivity contribution in [1.29, 1.82) is 0 Å². The maximum absolute atomic E-state index is 14.0. The molecule has 3 aromatic rings. The molecule has 0 saturated heterocycles. The number of aromatic nitrogens is 2. The summed E-state index contributed by atoms with van der Waals surface area (Å²) in [7, 11) is 0. The van der Waals surface area contributed by atoms with E-state index in [1.807, 2.05) is 0 Å². The lowest BCUT2D eigenvalue weighted by Gasteiger charge is -2.22. The summed E-state index contributed by atoms with van der Waals surface area (Å²) >= 11 is 6.15. The fourth-order valence-electron chi connectivity index (χ4n) is 3.83. The molecule has 0 bridgehead atoms. The van der Waals surface area contributed by atoms with Crippen molar-refractivity contribution in [2.45, 2.75) is 19.0 Å². The van der Waals surface area contributed by atoms with Gasteiger partial charge in [0.05, 0.1) is 30.3 Å². The predicted molar refractivity (Wildman–Crippen MR) is 127 cm³/mol. The first-order chi connectivity index (χ1) is 17.1. The van der Waals surface area contributed by atoms with Crippen molar-refractivity contribution in [2.75, 3.05) is 13.2 Å². The summed E-state index contributed by atoms with van der Waals surface area (Å²) in [6.07, 6.45) is 3.09. The Hall–Kier alpha value is -3.80. The van der Waals surface area contributed by atoms with Crippen LogP contribution in [0.1, 0.15) is 22.9 Å². The van der Waals surface area contributed by atoms with Crippen LogP contribution in [0.15, 0.2) is 45.8 Å². The summed E-state index contributed by atoms with van der Waals surface area (Å²) in [5.41, 5.74) is -0.0437. The van der Waals surface area contributed by atoms with E-state index < -0.39 is 54.4 Å². The van der Waals surface area contributed by atoms with Gasteiger partial charge in [-0.05, 0) is 48.4 Å². The maximum Gasteiger partial charge on any atom is 0.329 e. The third-order valence-electron chi connectivity index (χ3n) is 5.72. The number of aromatic hydroxyl groups is 1. The van der Waals surface area contributed by atoms with Gasteiger partial charge in [-0.2, -0.15) is 0 Å². The second-order valence-corrected chi connectivity index (χ2v) is 8.53. The highest BCUT2D eigenvalue weighted by Gasteiger charge is 2.30. The molecule has 188 valence electrons. The minimum absolute atomic E-state index is 0.0900. The first kappa shape index (κ1) is 25.3. The molecule has 0 aliphatic carbocycles. The van der Waals surface area contributed by atoms with Crippen LogP contribution in [0.3, 0.4) is 0 Å². The maximum atomic E-state index is 14.0. The van der Waals surface area contributed by atoms with Crippen LogP contribution in [0, 0.1) is 18.6 Å². The molecule has 5 N–H and O–H groups in total. The Kier molecular flexibility index (Phi) is 7.07. The number of carbonyl (C=O) groups excluding carboxylic acids is 1. The summed E-state index contributed by atoms with van der Waals surface area (Å²) in [5, 5.41) is 33.8. The average Bonchev–Trinajstić information content (AvgIpc) is 3.38. The van der Waals surface area contributed by atoms with Crippen LogP contribution in [0.2, 0.25) is 5.02 Å². The smallest absolute Gasteiger partial charge is 0.329 e. The molecule has 1 aromatic heterocycles. The number of rotatable bonds is 7. The van der Waals surface area contributed by atoms with E-state index in [1.165, 1.54) is 6.08 Å². The molecule has 1 aliphatic heterocycles. The third-order valence-corrected chi connectivity index (χ3v) is 6.12. The Labute approximate surface area is 207 Å². The van der Waals surface area contributed by atoms with E-state index in [2.05, 4.69) is 15.3 Å². The van der Waals surface area contributed by atoms with E-state index in [9.17, 15) is 33.7 Å². The normalized spacial score (nSPS) is 14.5. The highest BCUT2D eigenvalue weighted by Crippen LogP contribution is 2.27. The zero-order chi connectivity index (χ0) is 26.1. The molecule has 2 aromatic carbocycles. The molecule has 1 aliphatic rings. The minimum atomic E-state index is -1.67. The van der Waals surface area contributed by atoms with E-state index in [0.717, 1.165) is 22.9 Å². The van der Waals surface area contributed by atoms with E-state index in [0.29, 0.717) is 26.7 Å². The van der Waals surface area contributed by atoms with Crippen molar-refractivity contribution in [3.8, 4) is 5.88 Å². The Bertz CT molecular complexity index is 1560. The van der Waals surface area contributed by atoms with Crippen molar-refractivity contribution in [3.63, 3.8) is 0 Å². The van der Waals surface area contributed by atoms with Gasteiger partial charge in [0.2, 0.25) is 11.8 Å². The fourth-order valence-corrected chi connectivity index (χ4v) is 3.98. The molecule has 0 spiro atoms. The molecule has 1 unspecified atom stereocenters. The van der Waals surface area contributed by atoms with Crippen molar-refractivity contribution in [1.82, 2.24) is 14.9 Å². The number of halogens is 3. The number of carbonyl (C=O) groups is 1. The fraction of sp³-hybridized carbons (Fsp3) is 0.208. The Morgan fingerprint density at radius 3 is 2.61 bits per heavy atom. The van der Waals surface area contributed by atoms with E-state index in [-0.39, 0.29) is 11.3 Å². The SMILES string of the molecule is Cc1c(Cl)ccc2c1=NC(=Cc1[nH]c(=O)n(C(C(=O)NC(CO)CO)c3ccc(F)c(F)c3)c1O)C=2. The number of aliphatic hydroxyl groups excluding tert-OH is 2. The quantitative estimate of drug-likeness (QED) is 0.312. The second-order valence-electron chi connectivity index (χ2n) is 8.12. The van der Waals surface area contributed by atoms with Gasteiger partial charge in [0.25, 0.3) is 0 Å². The van der Waals surface area contributed by atoms with Gasteiger partial charge in [0, 0.05) is 10.2 Å². The van der Waals surface area contributed by atoms with Crippen LogP contribution < -0.4 is 21.6 Å². The van der Waals surface area contributed by atoms with Gasteiger partial charge in [0.1, 0.15) is 11.7 Å². The molecular formula is C24H21ClF2N4O5. The van der Waals surface area contributed by atoms with E-state index in [4.69, 9.17) is 11.6 Å². The summed E-state index contributed by atoms with van der Waals surface area (Å²) in [4.78, 5) is 32.8. The number of hydrogen-bond donors (Lipinski definition) is 5.